The molecule has 8 nitrogen and oxygen atoms in total. The van der Waals surface area contributed by atoms with Crippen LogP contribution in [0.4, 0.5) is 0 Å². The zero-order valence-electron chi connectivity index (χ0n) is 20.2. The molecule has 0 saturated heterocycles. The number of guanidine groups is 1. The topological polar surface area (TPSA) is 76.2 Å². The molecule has 2 heterocycles. The second kappa shape index (κ2) is 13.3. The molecule has 2 rings (SSSR count). The maximum atomic E-state index is 4.61. The van der Waals surface area contributed by atoms with Crippen molar-refractivity contribution in [1.82, 2.24) is 34.8 Å². The highest BCUT2D eigenvalue weighted by Gasteiger charge is 2.16. The van der Waals surface area contributed by atoms with Crippen LogP contribution in [0, 0.1) is 5.92 Å². The molecule has 0 atom stereocenters. The number of aliphatic imine (C=N–C) groups is 1. The summed E-state index contributed by atoms with van der Waals surface area (Å²) in [6.45, 7) is 11.4. The second-order valence-electron chi connectivity index (χ2n) is 8.41. The third-order valence-electron chi connectivity index (χ3n) is 4.85. The molecule has 0 radical (unpaired) electrons. The van der Waals surface area contributed by atoms with E-state index in [1.165, 1.54) is 5.56 Å². The maximum Gasteiger partial charge on any atom is 0.193 e. The summed E-state index contributed by atoms with van der Waals surface area (Å²) in [7, 11) is 5.87. The summed E-state index contributed by atoms with van der Waals surface area (Å²) in [5, 5.41) is 17.8. The predicted octanol–water partition coefficient (Wildman–Crippen LogP) is 3.77. The summed E-state index contributed by atoms with van der Waals surface area (Å²) in [6.07, 6.45) is 6.03. The van der Waals surface area contributed by atoms with Crippen molar-refractivity contribution in [3.8, 4) is 0 Å². The Hall–Kier alpha value is -1.30. The number of halogens is 1. The summed E-state index contributed by atoms with van der Waals surface area (Å²) in [5.74, 6) is 2.93. The van der Waals surface area contributed by atoms with Crippen LogP contribution in [-0.4, -0.2) is 62.3 Å². The van der Waals surface area contributed by atoms with Crippen molar-refractivity contribution in [2.45, 2.75) is 64.7 Å². The van der Waals surface area contributed by atoms with Crippen molar-refractivity contribution in [2.24, 2.45) is 18.0 Å². The third kappa shape index (κ3) is 7.96. The number of nitrogens with zero attached hydrogens (tertiary/aromatic N) is 7. The van der Waals surface area contributed by atoms with Gasteiger partial charge in [-0.1, -0.05) is 39.5 Å². The van der Waals surface area contributed by atoms with E-state index < -0.39 is 0 Å². The zero-order valence-corrected chi connectivity index (χ0v) is 23.4. The van der Waals surface area contributed by atoms with E-state index in [0.717, 1.165) is 55.1 Å². The molecule has 1 N–H and O–H groups in total. The van der Waals surface area contributed by atoms with Crippen LogP contribution in [0.25, 0.3) is 0 Å². The summed E-state index contributed by atoms with van der Waals surface area (Å²) in [4.78, 5) is 6.60. The third-order valence-corrected chi connectivity index (χ3v) is 5.52. The van der Waals surface area contributed by atoms with E-state index in [0.29, 0.717) is 11.8 Å². The first-order chi connectivity index (χ1) is 14.3. The second-order valence-corrected chi connectivity index (χ2v) is 9.18. The quantitative estimate of drug-likeness (QED) is 0.156. The van der Waals surface area contributed by atoms with Gasteiger partial charge in [-0.3, -0.25) is 9.67 Å². The van der Waals surface area contributed by atoms with Gasteiger partial charge in [0, 0.05) is 59.0 Å². The minimum atomic E-state index is 0. The summed E-state index contributed by atoms with van der Waals surface area (Å²) >= 11 is 1.66. The molecule has 0 aliphatic heterocycles. The Kier molecular flexibility index (Phi) is 11.9. The molecule has 2 aromatic rings. The Morgan fingerprint density at radius 1 is 1.26 bits per heavy atom. The van der Waals surface area contributed by atoms with Crippen molar-refractivity contribution in [3.05, 3.63) is 23.3 Å². The summed E-state index contributed by atoms with van der Waals surface area (Å²) in [6, 6.07) is 0. The first-order valence-electron chi connectivity index (χ1n) is 10.7. The number of aromatic nitrogens is 5. The van der Waals surface area contributed by atoms with Gasteiger partial charge in [-0.05, 0) is 24.5 Å². The molecular weight excluding hydrogens is 523 g/mol. The fourth-order valence-electron chi connectivity index (χ4n) is 3.53. The molecule has 0 unspecified atom stereocenters. The molecule has 0 aliphatic carbocycles. The number of nitrogens with one attached hydrogen (secondary N) is 1. The van der Waals surface area contributed by atoms with Crippen molar-refractivity contribution in [3.63, 3.8) is 0 Å². The van der Waals surface area contributed by atoms with E-state index in [-0.39, 0.29) is 24.0 Å². The van der Waals surface area contributed by atoms with Gasteiger partial charge in [0.05, 0.1) is 5.69 Å². The molecule has 0 aromatic carbocycles. The fraction of sp³-hybridized carbons (Fsp3) is 0.714. The summed E-state index contributed by atoms with van der Waals surface area (Å²) < 4.78 is 4.15. The largest absolute Gasteiger partial charge is 0.356 e. The SMILES string of the molecule is CN=C(NCCCc1nnc(SC)n1CC(C)C)N(C)Cc1cn(C)nc1C(C)C.I. The molecule has 10 heteroatoms. The standard InChI is InChI=1S/C21H38N8S.HI/c1-15(2)12-29-18(24-25-21(29)30-8)10-9-11-23-20(22-5)27(6)13-17-14-28(7)26-19(17)16(3)4;/h14-16H,9-13H2,1-8H3,(H,22,23);1H. The van der Waals surface area contributed by atoms with Crippen LogP contribution in [0.2, 0.25) is 0 Å². The van der Waals surface area contributed by atoms with Crippen LogP contribution in [0.15, 0.2) is 16.3 Å². The van der Waals surface area contributed by atoms with E-state index in [2.05, 4.69) is 82.3 Å². The Morgan fingerprint density at radius 3 is 2.55 bits per heavy atom. The Balaban J connectivity index is 0.00000480. The number of aryl methyl sites for hydroxylation is 2. The molecule has 31 heavy (non-hydrogen) atoms. The van der Waals surface area contributed by atoms with Gasteiger partial charge < -0.3 is 14.8 Å². The Morgan fingerprint density at radius 2 is 1.97 bits per heavy atom. The smallest absolute Gasteiger partial charge is 0.193 e. The predicted molar refractivity (Wildman–Crippen MR) is 141 cm³/mol. The molecule has 0 fully saturated rings. The minimum Gasteiger partial charge on any atom is -0.356 e. The van der Waals surface area contributed by atoms with Crippen LogP contribution in [0.5, 0.6) is 0 Å². The van der Waals surface area contributed by atoms with Gasteiger partial charge >= 0.3 is 0 Å². The minimum absolute atomic E-state index is 0. The lowest BCUT2D eigenvalue weighted by atomic mass is 10.1. The zero-order chi connectivity index (χ0) is 22.3. The van der Waals surface area contributed by atoms with Crippen molar-refractivity contribution < 1.29 is 0 Å². The van der Waals surface area contributed by atoms with Gasteiger partial charge in [0.2, 0.25) is 0 Å². The van der Waals surface area contributed by atoms with Crippen LogP contribution >= 0.6 is 35.7 Å². The van der Waals surface area contributed by atoms with Gasteiger partial charge in [-0.25, -0.2) is 0 Å². The van der Waals surface area contributed by atoms with Gasteiger partial charge in [0.1, 0.15) is 5.82 Å². The molecule has 176 valence electrons. The first kappa shape index (κ1) is 27.7. The van der Waals surface area contributed by atoms with Gasteiger partial charge in [-0.15, -0.1) is 34.2 Å². The maximum absolute atomic E-state index is 4.61. The lowest BCUT2D eigenvalue weighted by Crippen LogP contribution is -2.39. The van der Waals surface area contributed by atoms with Crippen LogP contribution < -0.4 is 5.32 Å². The Labute approximate surface area is 208 Å². The van der Waals surface area contributed by atoms with Crippen LogP contribution in [-0.2, 0) is 26.6 Å². The van der Waals surface area contributed by atoms with Crippen molar-refractivity contribution >= 4 is 41.7 Å². The molecule has 0 aliphatic rings. The molecular formula is C21H39IN8S. The molecule has 0 spiro atoms. The average molecular weight is 563 g/mol. The fourth-order valence-corrected chi connectivity index (χ4v) is 4.05. The van der Waals surface area contributed by atoms with Gasteiger partial charge in [-0.2, -0.15) is 5.10 Å². The highest BCUT2D eigenvalue weighted by molar-refractivity contribution is 14.0. The molecule has 0 bridgehead atoms. The average Bonchev–Trinajstić information content (AvgIpc) is 3.24. The van der Waals surface area contributed by atoms with Gasteiger partial charge in [0.25, 0.3) is 0 Å². The van der Waals surface area contributed by atoms with E-state index in [1.54, 1.807) is 11.8 Å². The number of thioether (sulfide) groups is 1. The molecule has 2 aromatic heterocycles. The van der Waals surface area contributed by atoms with Crippen molar-refractivity contribution in [1.29, 1.82) is 0 Å². The summed E-state index contributed by atoms with van der Waals surface area (Å²) in [5.41, 5.74) is 2.39. The number of rotatable bonds is 10. The van der Waals surface area contributed by atoms with E-state index in [1.807, 2.05) is 18.8 Å². The lowest BCUT2D eigenvalue weighted by molar-refractivity contribution is 0.467. The normalized spacial score (nSPS) is 11.9. The van der Waals surface area contributed by atoms with Gasteiger partial charge in [0.15, 0.2) is 11.1 Å². The highest BCUT2D eigenvalue weighted by atomic mass is 127. The van der Waals surface area contributed by atoms with E-state index in [9.17, 15) is 0 Å². The highest BCUT2D eigenvalue weighted by Crippen LogP contribution is 2.19. The first-order valence-corrected chi connectivity index (χ1v) is 11.9. The number of hydrogen-bond donors (Lipinski definition) is 1. The van der Waals surface area contributed by atoms with Crippen molar-refractivity contribution in [2.75, 3.05) is 26.9 Å². The molecule has 0 saturated carbocycles. The molecule has 0 amide bonds. The Bertz CT molecular complexity index is 827. The van der Waals surface area contributed by atoms with E-state index in [4.69, 9.17) is 0 Å². The number of hydrogen-bond acceptors (Lipinski definition) is 5. The van der Waals surface area contributed by atoms with Crippen LogP contribution in [0.1, 0.15) is 57.1 Å². The monoisotopic (exact) mass is 562 g/mol. The van der Waals surface area contributed by atoms with E-state index >= 15 is 0 Å². The lowest BCUT2D eigenvalue weighted by Gasteiger charge is -2.22. The van der Waals surface area contributed by atoms with Crippen LogP contribution in [0.3, 0.4) is 0 Å².